The van der Waals surface area contributed by atoms with Crippen LogP contribution in [0.2, 0.25) is 0 Å². The van der Waals surface area contributed by atoms with Gasteiger partial charge in [-0.25, -0.2) is 14.5 Å². The number of hydrogen-bond acceptors (Lipinski definition) is 9. The summed E-state index contributed by atoms with van der Waals surface area (Å²) in [6.45, 7) is 3.81. The Hall–Kier alpha value is -5.23. The molecule has 12 nitrogen and oxygen atoms in total. The van der Waals surface area contributed by atoms with Gasteiger partial charge in [0.05, 0.1) is 32.2 Å². The minimum Gasteiger partial charge on any atom is -0.497 e. The molecule has 6 heterocycles. The fraction of sp³-hybridized carbons (Fsp3) is 0.281. The van der Waals surface area contributed by atoms with E-state index in [1.165, 1.54) is 4.57 Å². The number of methoxy groups -OCH3 is 1. The van der Waals surface area contributed by atoms with Crippen molar-refractivity contribution in [2.75, 3.05) is 30.5 Å². The summed E-state index contributed by atoms with van der Waals surface area (Å²) in [4.78, 5) is 38.7. The molecule has 2 N–H and O–H groups in total. The Balaban J connectivity index is 1.41. The highest BCUT2D eigenvalue weighted by atomic mass is 16.5. The molecule has 12 heteroatoms. The highest BCUT2D eigenvalue weighted by molar-refractivity contribution is 5.94. The minimum absolute atomic E-state index is 0.236. The van der Waals surface area contributed by atoms with Gasteiger partial charge >= 0.3 is 0 Å². The molecule has 2 aliphatic heterocycles. The van der Waals surface area contributed by atoms with Crippen LogP contribution in [-0.4, -0.2) is 56.4 Å². The number of imidazole rings is 1. The SMILES string of the molecule is COc1ccc(CN2CCCc3c4nn5c(cnc5c32)C(=O)N[C@H](C)COCc2cc(c(=O)n(-c3ccccn3)c2)N4)cc1. The topological polar surface area (TPSA) is 128 Å². The molecule has 0 spiro atoms. The number of fused-ring (bicyclic) bond motifs is 6. The lowest BCUT2D eigenvalue weighted by atomic mass is 10.0. The maximum Gasteiger partial charge on any atom is 0.280 e. The van der Waals surface area contributed by atoms with Gasteiger partial charge in [0, 0.05) is 37.1 Å². The molecule has 44 heavy (non-hydrogen) atoms. The van der Waals surface area contributed by atoms with Crippen LogP contribution in [-0.2, 0) is 24.3 Å². The molecular weight excluding hydrogens is 560 g/mol. The molecule has 0 radical (unpaired) electrons. The van der Waals surface area contributed by atoms with Crippen molar-refractivity contribution in [2.24, 2.45) is 0 Å². The van der Waals surface area contributed by atoms with Gasteiger partial charge in [0.25, 0.3) is 11.5 Å². The van der Waals surface area contributed by atoms with Crippen molar-refractivity contribution >= 4 is 28.7 Å². The Morgan fingerprint density at radius 2 is 1.98 bits per heavy atom. The summed E-state index contributed by atoms with van der Waals surface area (Å²) in [5.41, 5.74) is 4.62. The van der Waals surface area contributed by atoms with Crippen molar-refractivity contribution in [1.82, 2.24) is 29.5 Å². The number of ether oxygens (including phenoxy) is 2. The third-order valence-electron chi connectivity index (χ3n) is 7.89. The van der Waals surface area contributed by atoms with E-state index in [0.29, 0.717) is 35.2 Å². The Morgan fingerprint density at radius 1 is 1.11 bits per heavy atom. The van der Waals surface area contributed by atoms with Crippen LogP contribution in [0.4, 0.5) is 17.2 Å². The molecule has 5 aromatic rings. The lowest BCUT2D eigenvalue weighted by Gasteiger charge is -2.32. The first kappa shape index (κ1) is 27.6. The van der Waals surface area contributed by atoms with Crippen molar-refractivity contribution in [3.63, 3.8) is 0 Å². The lowest BCUT2D eigenvalue weighted by molar-refractivity contribution is 0.0814. The Labute approximate surface area is 253 Å². The molecule has 0 saturated heterocycles. The van der Waals surface area contributed by atoms with Crippen LogP contribution in [0.3, 0.4) is 0 Å². The van der Waals surface area contributed by atoms with Crippen molar-refractivity contribution < 1.29 is 14.3 Å². The second-order valence-electron chi connectivity index (χ2n) is 11.1. The first-order valence-electron chi connectivity index (χ1n) is 14.6. The molecule has 2 aliphatic rings. The lowest BCUT2D eigenvalue weighted by Crippen LogP contribution is -2.37. The molecule has 0 saturated carbocycles. The van der Waals surface area contributed by atoms with Gasteiger partial charge in [-0.15, -0.1) is 5.10 Å². The quantitative estimate of drug-likeness (QED) is 0.322. The van der Waals surface area contributed by atoms with E-state index in [9.17, 15) is 9.59 Å². The van der Waals surface area contributed by atoms with E-state index in [1.54, 1.807) is 48.4 Å². The van der Waals surface area contributed by atoms with Crippen LogP contribution in [0, 0.1) is 0 Å². The van der Waals surface area contributed by atoms with Crippen molar-refractivity contribution in [1.29, 1.82) is 0 Å². The van der Waals surface area contributed by atoms with Crippen LogP contribution >= 0.6 is 0 Å². The minimum atomic E-state index is -0.308. The molecule has 4 aromatic heterocycles. The number of carbonyl (C=O) groups excluding carboxylic acids is 1. The molecular formula is C32H32N8O4. The number of amides is 1. The predicted octanol–water partition coefficient (Wildman–Crippen LogP) is 3.63. The second kappa shape index (κ2) is 11.5. The number of aromatic nitrogens is 5. The summed E-state index contributed by atoms with van der Waals surface area (Å²) < 4.78 is 14.4. The Bertz CT molecular complexity index is 1900. The standard InChI is InChI=1S/C32H32N8O4/c1-20-18-44-19-22-14-25(32(42)39(17-22)27-7-3-4-12-33-27)36-29-24-6-5-13-38(16-21-8-10-23(43-2)11-9-21)28(24)30-34-15-26(31(41)35-20)40(30)37-29/h3-4,7-12,14-15,17,20H,5-6,13,16,18-19H2,1-2H3,(H,35,41)(H,36,37)/t20-/m1/s1. The van der Waals surface area contributed by atoms with Gasteiger partial charge in [0.2, 0.25) is 0 Å². The van der Waals surface area contributed by atoms with Gasteiger partial charge in [0.1, 0.15) is 17.3 Å². The fourth-order valence-corrected chi connectivity index (χ4v) is 5.80. The fourth-order valence-electron chi connectivity index (χ4n) is 5.80. The number of carbonyl (C=O) groups is 1. The number of benzene rings is 1. The van der Waals surface area contributed by atoms with E-state index in [2.05, 4.69) is 20.5 Å². The first-order valence-corrected chi connectivity index (χ1v) is 14.6. The van der Waals surface area contributed by atoms with E-state index >= 15 is 0 Å². The van der Waals surface area contributed by atoms with Gasteiger partial charge in [-0.3, -0.25) is 14.2 Å². The molecule has 0 fully saturated rings. The van der Waals surface area contributed by atoms with Crippen LogP contribution in [0.1, 0.15) is 40.5 Å². The normalized spacial score (nSPS) is 16.6. The average molecular weight is 593 g/mol. The number of nitrogens with one attached hydrogen (secondary N) is 2. The van der Waals surface area contributed by atoms with E-state index in [-0.39, 0.29) is 30.7 Å². The zero-order valence-electron chi connectivity index (χ0n) is 24.5. The average Bonchev–Trinajstić information content (AvgIpc) is 3.47. The first-order chi connectivity index (χ1) is 21.5. The van der Waals surface area contributed by atoms with Gasteiger partial charge in [-0.05, 0) is 61.2 Å². The summed E-state index contributed by atoms with van der Waals surface area (Å²) in [7, 11) is 1.65. The van der Waals surface area contributed by atoms with Gasteiger partial charge in [-0.1, -0.05) is 18.2 Å². The summed E-state index contributed by atoms with van der Waals surface area (Å²) in [6, 6.07) is 14.9. The van der Waals surface area contributed by atoms with E-state index in [1.807, 2.05) is 37.3 Å². The van der Waals surface area contributed by atoms with Crippen LogP contribution < -0.4 is 25.8 Å². The Kier molecular flexibility index (Phi) is 7.18. The monoisotopic (exact) mass is 592 g/mol. The maximum atomic E-state index is 13.9. The third-order valence-corrected chi connectivity index (χ3v) is 7.89. The molecule has 1 atom stereocenters. The van der Waals surface area contributed by atoms with Crippen LogP contribution in [0.25, 0.3) is 11.5 Å². The van der Waals surface area contributed by atoms with E-state index in [0.717, 1.165) is 47.5 Å². The van der Waals surface area contributed by atoms with Crippen molar-refractivity contribution in [3.05, 3.63) is 99.9 Å². The van der Waals surface area contributed by atoms with E-state index in [4.69, 9.17) is 19.6 Å². The number of rotatable bonds is 4. The molecule has 1 amide bonds. The summed E-state index contributed by atoms with van der Waals surface area (Å²) in [5, 5.41) is 11.3. The zero-order chi connectivity index (χ0) is 30.2. The van der Waals surface area contributed by atoms with Crippen molar-refractivity contribution in [2.45, 2.75) is 39.0 Å². The Morgan fingerprint density at radius 3 is 2.77 bits per heavy atom. The highest BCUT2D eigenvalue weighted by Gasteiger charge is 2.29. The van der Waals surface area contributed by atoms with Crippen molar-refractivity contribution in [3.8, 4) is 11.6 Å². The molecule has 0 aliphatic carbocycles. The van der Waals surface area contributed by atoms with Crippen LogP contribution in [0.15, 0.2) is 71.9 Å². The molecule has 7 rings (SSSR count). The van der Waals surface area contributed by atoms with Gasteiger partial charge in [0.15, 0.2) is 17.2 Å². The second-order valence-corrected chi connectivity index (χ2v) is 11.1. The largest absolute Gasteiger partial charge is 0.497 e. The van der Waals surface area contributed by atoms with Crippen LogP contribution in [0.5, 0.6) is 5.75 Å². The summed E-state index contributed by atoms with van der Waals surface area (Å²) in [5.74, 6) is 1.47. The molecule has 4 bridgehead atoms. The molecule has 224 valence electrons. The maximum absolute atomic E-state index is 13.9. The number of hydrogen-bond donors (Lipinski definition) is 2. The van der Waals surface area contributed by atoms with Gasteiger partial charge in [-0.2, -0.15) is 0 Å². The highest BCUT2D eigenvalue weighted by Crippen LogP contribution is 2.37. The predicted molar refractivity (Wildman–Crippen MR) is 165 cm³/mol. The number of pyridine rings is 2. The molecule has 0 unspecified atom stereocenters. The van der Waals surface area contributed by atoms with E-state index < -0.39 is 0 Å². The third kappa shape index (κ3) is 5.13. The molecule has 1 aromatic carbocycles. The summed E-state index contributed by atoms with van der Waals surface area (Å²) >= 11 is 0. The number of nitrogens with zero attached hydrogens (tertiary/aromatic N) is 6. The zero-order valence-corrected chi connectivity index (χ0v) is 24.5. The smallest absolute Gasteiger partial charge is 0.280 e. The number of anilines is 3. The van der Waals surface area contributed by atoms with Gasteiger partial charge < -0.3 is 25.0 Å². The summed E-state index contributed by atoms with van der Waals surface area (Å²) in [6.07, 6.45) is 6.55.